The highest BCUT2D eigenvalue weighted by Gasteiger charge is 2.26. The lowest BCUT2D eigenvalue weighted by atomic mass is 9.90. The van der Waals surface area contributed by atoms with Crippen LogP contribution in [0.15, 0.2) is 33.8 Å². The van der Waals surface area contributed by atoms with Crippen molar-refractivity contribution in [2.45, 2.75) is 58.6 Å². The minimum atomic E-state index is -0.508. The lowest BCUT2D eigenvalue weighted by Gasteiger charge is -2.30. The lowest BCUT2D eigenvalue weighted by molar-refractivity contribution is -0.125. The van der Waals surface area contributed by atoms with Crippen molar-refractivity contribution in [3.8, 4) is 0 Å². The summed E-state index contributed by atoms with van der Waals surface area (Å²) in [5, 5.41) is 13.2. The highest BCUT2D eigenvalue weighted by atomic mass is 16.5. The maximum absolute atomic E-state index is 12.9. The second kappa shape index (κ2) is 11.1. The molecule has 1 aromatic rings. The third-order valence-corrected chi connectivity index (χ3v) is 6.68. The molecule has 8 heteroatoms. The van der Waals surface area contributed by atoms with Gasteiger partial charge >= 0.3 is 0 Å². The van der Waals surface area contributed by atoms with Gasteiger partial charge in [0.2, 0.25) is 5.91 Å². The van der Waals surface area contributed by atoms with Gasteiger partial charge in [-0.2, -0.15) is 0 Å². The van der Waals surface area contributed by atoms with Crippen LogP contribution in [-0.2, 0) is 16.6 Å². The van der Waals surface area contributed by atoms with Crippen LogP contribution in [0.1, 0.15) is 52.0 Å². The number of pyridine rings is 1. The molecule has 1 fully saturated rings. The van der Waals surface area contributed by atoms with Crippen molar-refractivity contribution in [2.75, 3.05) is 31.2 Å². The highest BCUT2D eigenvalue weighted by Crippen LogP contribution is 2.29. The highest BCUT2D eigenvalue weighted by molar-refractivity contribution is 5.90. The van der Waals surface area contributed by atoms with Gasteiger partial charge in [0.15, 0.2) is 0 Å². The van der Waals surface area contributed by atoms with E-state index in [0.717, 1.165) is 5.56 Å². The Bertz CT molecular complexity index is 946. The molecule has 1 amide bonds. The smallest absolute Gasteiger partial charge is 0.273 e. The van der Waals surface area contributed by atoms with E-state index in [4.69, 9.17) is 4.74 Å². The Morgan fingerprint density at radius 2 is 2.03 bits per heavy atom. The fourth-order valence-corrected chi connectivity index (χ4v) is 4.31. The molecule has 0 radical (unpaired) electrons. The van der Waals surface area contributed by atoms with E-state index in [1.54, 1.807) is 17.8 Å². The van der Waals surface area contributed by atoms with E-state index in [1.165, 1.54) is 0 Å². The van der Waals surface area contributed by atoms with Gasteiger partial charge in [-0.25, -0.2) is 0 Å². The van der Waals surface area contributed by atoms with E-state index in [0.29, 0.717) is 50.5 Å². The van der Waals surface area contributed by atoms with Crippen molar-refractivity contribution in [2.24, 2.45) is 23.9 Å². The van der Waals surface area contributed by atoms with Crippen LogP contribution in [-0.4, -0.2) is 60.2 Å². The van der Waals surface area contributed by atoms with Crippen LogP contribution in [0.4, 0.5) is 5.69 Å². The molecule has 3 rings (SSSR count). The van der Waals surface area contributed by atoms with Crippen LogP contribution in [0.3, 0.4) is 0 Å². The largest absolute Gasteiger partial charge is 0.393 e. The van der Waals surface area contributed by atoms with E-state index in [2.05, 4.69) is 15.2 Å². The number of amides is 1. The maximum Gasteiger partial charge on any atom is 0.273 e. The number of aliphatic hydroxyl groups is 1. The van der Waals surface area contributed by atoms with Gasteiger partial charge in [-0.15, -0.1) is 0 Å². The number of hydrogen-bond donors (Lipinski definition) is 2. The Balaban J connectivity index is 1.82. The van der Waals surface area contributed by atoms with Gasteiger partial charge in [-0.05, 0) is 43.4 Å². The van der Waals surface area contributed by atoms with Crippen molar-refractivity contribution in [1.82, 2.24) is 9.88 Å². The molecule has 8 nitrogen and oxygen atoms in total. The first-order valence-electron chi connectivity index (χ1n) is 12.0. The average Bonchev–Trinajstić information content (AvgIpc) is 2.80. The Hall–Kier alpha value is -2.45. The molecule has 182 valence electrons. The number of rotatable bonds is 8. The van der Waals surface area contributed by atoms with Gasteiger partial charge in [-0.3, -0.25) is 14.6 Å². The fourth-order valence-electron chi connectivity index (χ4n) is 4.31. The topological polar surface area (TPSA) is 96.2 Å². The summed E-state index contributed by atoms with van der Waals surface area (Å²) in [6.45, 7) is 10.5. The molecule has 0 aromatic carbocycles. The van der Waals surface area contributed by atoms with Crippen LogP contribution in [0, 0.1) is 11.8 Å². The quantitative estimate of drug-likeness (QED) is 0.623. The molecule has 2 aliphatic heterocycles. The standard InChI is InChI=1S/C25H38N4O4/c1-6-18(12-23(30)16(2)3)24(31)27-20-13-21(17(4)26-14-20)19-11-22(25(32)28(5)15-19)29-7-9-33-10-8-29/h11,13-18,21,23,30H,6-10,12H2,1-5H3,(H,27,31)/t17?,18?,21?,23-/m0/s1. The van der Waals surface area contributed by atoms with Crippen LogP contribution in [0.5, 0.6) is 0 Å². The number of ether oxygens (including phenoxy) is 1. The van der Waals surface area contributed by atoms with E-state index in [-0.39, 0.29) is 35.3 Å². The summed E-state index contributed by atoms with van der Waals surface area (Å²) in [7, 11) is 1.77. The maximum atomic E-state index is 12.9. The van der Waals surface area contributed by atoms with Crippen LogP contribution in [0.25, 0.3) is 0 Å². The monoisotopic (exact) mass is 458 g/mol. The number of aliphatic hydroxyl groups excluding tert-OH is 1. The predicted octanol–water partition coefficient (Wildman–Crippen LogP) is 2.21. The second-order valence-corrected chi connectivity index (χ2v) is 9.48. The third-order valence-electron chi connectivity index (χ3n) is 6.68. The van der Waals surface area contributed by atoms with E-state index >= 15 is 0 Å². The van der Waals surface area contributed by atoms with Crippen LogP contribution >= 0.6 is 0 Å². The number of aromatic nitrogens is 1. The van der Waals surface area contributed by atoms with Gasteiger partial charge in [0.25, 0.3) is 5.56 Å². The molecule has 0 aliphatic carbocycles. The van der Waals surface area contributed by atoms with Crippen molar-refractivity contribution in [1.29, 1.82) is 0 Å². The third kappa shape index (κ3) is 6.12. The van der Waals surface area contributed by atoms with Gasteiger partial charge in [-0.1, -0.05) is 20.8 Å². The average molecular weight is 459 g/mol. The SMILES string of the molecule is CCC(C[C@H](O)C(C)C)C(=O)NC1=CC(c2cc(N3CCOCC3)c(=O)n(C)c2)C(C)N=C1. The van der Waals surface area contributed by atoms with Gasteiger partial charge < -0.3 is 24.6 Å². The summed E-state index contributed by atoms with van der Waals surface area (Å²) in [5.41, 5.74) is 2.28. The fraction of sp³-hybridized carbons (Fsp3) is 0.640. The molecule has 0 saturated carbocycles. The van der Waals surface area contributed by atoms with Gasteiger partial charge in [0.1, 0.15) is 5.69 Å². The van der Waals surface area contributed by atoms with Crippen LogP contribution in [0.2, 0.25) is 0 Å². The van der Waals surface area contributed by atoms with Gasteiger partial charge in [0, 0.05) is 44.4 Å². The first-order valence-corrected chi connectivity index (χ1v) is 12.0. The zero-order chi connectivity index (χ0) is 24.1. The number of allylic oxidation sites excluding steroid dienone is 1. The Morgan fingerprint density at radius 1 is 1.33 bits per heavy atom. The van der Waals surface area contributed by atoms with E-state index in [1.807, 2.05) is 46.0 Å². The molecule has 3 heterocycles. The predicted molar refractivity (Wildman–Crippen MR) is 131 cm³/mol. The number of dihydropyridines is 1. The van der Waals surface area contributed by atoms with Crippen molar-refractivity contribution in [3.05, 3.63) is 40.0 Å². The zero-order valence-corrected chi connectivity index (χ0v) is 20.5. The van der Waals surface area contributed by atoms with E-state index in [9.17, 15) is 14.7 Å². The number of anilines is 1. The molecule has 0 bridgehead atoms. The number of aliphatic imine (C=N–C) groups is 1. The molecule has 2 N–H and O–H groups in total. The number of nitrogens with zero attached hydrogens (tertiary/aromatic N) is 3. The molecule has 1 saturated heterocycles. The summed E-state index contributed by atoms with van der Waals surface area (Å²) in [5.74, 6) is -0.325. The van der Waals surface area contributed by atoms with E-state index < -0.39 is 6.10 Å². The van der Waals surface area contributed by atoms with Gasteiger partial charge in [0.05, 0.1) is 31.1 Å². The molecule has 2 aliphatic rings. The number of nitrogens with one attached hydrogen (secondary N) is 1. The summed E-state index contributed by atoms with van der Waals surface area (Å²) in [6, 6.07) is 1.94. The summed E-state index contributed by atoms with van der Waals surface area (Å²) in [6.07, 6.45) is 6.17. The second-order valence-electron chi connectivity index (χ2n) is 9.48. The van der Waals surface area contributed by atoms with Crippen molar-refractivity contribution < 1.29 is 14.6 Å². The first-order chi connectivity index (χ1) is 15.7. The Labute approximate surface area is 196 Å². The van der Waals surface area contributed by atoms with Crippen molar-refractivity contribution in [3.63, 3.8) is 0 Å². The molecule has 33 heavy (non-hydrogen) atoms. The first kappa shape index (κ1) is 25.2. The Morgan fingerprint density at radius 3 is 2.67 bits per heavy atom. The molecule has 0 spiro atoms. The Kier molecular flexibility index (Phi) is 8.48. The number of aryl methyl sites for hydroxylation is 1. The van der Waals surface area contributed by atoms with Crippen LogP contribution < -0.4 is 15.8 Å². The normalized spacial score (nSPS) is 22.8. The van der Waals surface area contributed by atoms with Crippen molar-refractivity contribution >= 4 is 17.8 Å². The number of morpholine rings is 1. The summed E-state index contributed by atoms with van der Waals surface area (Å²) >= 11 is 0. The zero-order valence-electron chi connectivity index (χ0n) is 20.5. The minimum Gasteiger partial charge on any atom is -0.393 e. The number of hydrogen-bond acceptors (Lipinski definition) is 6. The molecule has 3 unspecified atom stereocenters. The minimum absolute atomic E-state index is 0.0228. The summed E-state index contributed by atoms with van der Waals surface area (Å²) in [4.78, 5) is 32.4. The number of carbonyl (C=O) groups is 1. The molecule has 4 atom stereocenters. The lowest BCUT2D eigenvalue weighted by Crippen LogP contribution is -2.40. The molecular formula is C25H38N4O4. The molecule has 1 aromatic heterocycles. The molecular weight excluding hydrogens is 420 g/mol. The summed E-state index contributed by atoms with van der Waals surface area (Å²) < 4.78 is 7.06. The number of carbonyl (C=O) groups excluding carboxylic acids is 1.